The van der Waals surface area contributed by atoms with E-state index in [9.17, 15) is 9.59 Å². The van der Waals surface area contributed by atoms with Gasteiger partial charge in [0.1, 0.15) is 5.82 Å². The van der Waals surface area contributed by atoms with Crippen molar-refractivity contribution in [2.75, 3.05) is 12.3 Å². The van der Waals surface area contributed by atoms with Crippen molar-refractivity contribution in [2.45, 2.75) is 43.3 Å². The van der Waals surface area contributed by atoms with Crippen molar-refractivity contribution in [3.05, 3.63) is 28.2 Å². The first kappa shape index (κ1) is 15.8. The van der Waals surface area contributed by atoms with Gasteiger partial charge in [0.25, 0.3) is 0 Å². The molecule has 0 radical (unpaired) electrons. The molecule has 1 saturated heterocycles. The lowest BCUT2D eigenvalue weighted by molar-refractivity contribution is -0.137. The first-order valence-corrected chi connectivity index (χ1v) is 10.0. The van der Waals surface area contributed by atoms with E-state index in [-0.39, 0.29) is 11.8 Å². The minimum atomic E-state index is -0.0531. The Kier molecular flexibility index (Phi) is 4.41. The van der Waals surface area contributed by atoms with Crippen molar-refractivity contribution < 1.29 is 9.59 Å². The summed E-state index contributed by atoms with van der Waals surface area (Å²) in [5.74, 6) is 1.57. The van der Waals surface area contributed by atoms with E-state index < -0.39 is 0 Å². The van der Waals surface area contributed by atoms with Crippen molar-refractivity contribution in [3.8, 4) is 0 Å². The van der Waals surface area contributed by atoms with Crippen LogP contribution in [-0.4, -0.2) is 43.8 Å². The number of rotatable bonds is 7. The molecule has 0 spiro atoms. The Morgan fingerprint density at radius 3 is 2.67 bits per heavy atom. The quantitative estimate of drug-likeness (QED) is 0.559. The molecule has 2 fully saturated rings. The van der Waals surface area contributed by atoms with Gasteiger partial charge in [-0.15, -0.1) is 21.5 Å². The number of amides is 2. The predicted octanol–water partition coefficient (Wildman–Crippen LogP) is 2.51. The summed E-state index contributed by atoms with van der Waals surface area (Å²) in [6.45, 7) is 0.458. The molecule has 0 N–H and O–H groups in total. The molecule has 1 aliphatic carbocycles. The molecule has 0 bridgehead atoms. The third-order valence-electron chi connectivity index (χ3n) is 4.26. The fraction of sp³-hybridized carbons (Fsp3) is 0.500. The third-order valence-corrected chi connectivity index (χ3v) is 6.06. The maximum Gasteiger partial charge on any atom is 0.229 e. The summed E-state index contributed by atoms with van der Waals surface area (Å²) in [5, 5.41) is 11.7. The number of likely N-dealkylation sites (tertiary alicyclic amines) is 1. The van der Waals surface area contributed by atoms with Gasteiger partial charge in [-0.1, -0.05) is 17.8 Å². The van der Waals surface area contributed by atoms with Gasteiger partial charge in [-0.05, 0) is 24.3 Å². The van der Waals surface area contributed by atoms with Gasteiger partial charge in [-0.25, -0.2) is 0 Å². The molecule has 24 heavy (non-hydrogen) atoms. The summed E-state index contributed by atoms with van der Waals surface area (Å²) in [4.78, 5) is 26.0. The van der Waals surface area contributed by atoms with Crippen LogP contribution in [0.4, 0.5) is 0 Å². The van der Waals surface area contributed by atoms with Gasteiger partial charge < -0.3 is 4.57 Å². The first-order chi connectivity index (χ1) is 11.7. The maximum absolute atomic E-state index is 11.7. The molecule has 6 nitrogen and oxygen atoms in total. The monoisotopic (exact) mass is 362 g/mol. The van der Waals surface area contributed by atoms with E-state index in [4.69, 9.17) is 0 Å². The van der Waals surface area contributed by atoms with E-state index >= 15 is 0 Å². The predicted molar refractivity (Wildman–Crippen MR) is 92.1 cm³/mol. The highest BCUT2D eigenvalue weighted by molar-refractivity contribution is 7.99. The van der Waals surface area contributed by atoms with E-state index in [1.807, 2.05) is 0 Å². The summed E-state index contributed by atoms with van der Waals surface area (Å²) >= 11 is 3.32. The average Bonchev–Trinajstić information content (AvgIpc) is 2.98. The molecule has 2 aliphatic rings. The minimum Gasteiger partial charge on any atom is -0.303 e. The van der Waals surface area contributed by atoms with Crippen molar-refractivity contribution >= 4 is 34.9 Å². The van der Waals surface area contributed by atoms with Crippen molar-refractivity contribution in [2.24, 2.45) is 0 Å². The Bertz CT molecular complexity index is 736. The normalized spacial score (nSPS) is 17.9. The van der Waals surface area contributed by atoms with Crippen LogP contribution in [0.25, 0.3) is 0 Å². The molecule has 8 heteroatoms. The number of thiophene rings is 1. The molecule has 2 amide bonds. The zero-order valence-electron chi connectivity index (χ0n) is 13.2. The fourth-order valence-electron chi connectivity index (χ4n) is 2.90. The summed E-state index contributed by atoms with van der Waals surface area (Å²) < 4.78 is 2.25. The van der Waals surface area contributed by atoms with Crippen LogP contribution >= 0.6 is 23.1 Å². The number of hydrogen-bond acceptors (Lipinski definition) is 6. The molecule has 0 atom stereocenters. The highest BCUT2D eigenvalue weighted by atomic mass is 32.2. The topological polar surface area (TPSA) is 68.1 Å². The molecule has 1 aliphatic heterocycles. The minimum absolute atomic E-state index is 0.0531. The Morgan fingerprint density at radius 1 is 1.21 bits per heavy atom. The van der Waals surface area contributed by atoms with E-state index in [2.05, 4.69) is 32.3 Å². The van der Waals surface area contributed by atoms with Gasteiger partial charge in [-0.2, -0.15) is 0 Å². The van der Waals surface area contributed by atoms with Gasteiger partial charge in [0.05, 0.1) is 0 Å². The zero-order chi connectivity index (χ0) is 16.5. The summed E-state index contributed by atoms with van der Waals surface area (Å²) in [6, 6.07) is 4.68. The number of hydrogen-bond donors (Lipinski definition) is 0. The number of carbonyl (C=O) groups is 2. The first-order valence-electron chi connectivity index (χ1n) is 8.14. The summed E-state index contributed by atoms with van der Waals surface area (Å²) in [7, 11) is 0. The van der Waals surface area contributed by atoms with E-state index in [1.165, 1.54) is 22.6 Å². The van der Waals surface area contributed by atoms with Gasteiger partial charge in [0, 0.05) is 42.5 Å². The van der Waals surface area contributed by atoms with E-state index in [1.54, 1.807) is 23.1 Å². The van der Waals surface area contributed by atoms with Crippen LogP contribution in [0.15, 0.2) is 22.7 Å². The van der Waals surface area contributed by atoms with Crippen LogP contribution in [0.2, 0.25) is 0 Å². The zero-order valence-corrected chi connectivity index (χ0v) is 14.8. The highest BCUT2D eigenvalue weighted by Crippen LogP contribution is 2.39. The average molecular weight is 362 g/mol. The number of thioether (sulfide) groups is 1. The van der Waals surface area contributed by atoms with E-state index in [0.717, 1.165) is 17.4 Å². The van der Waals surface area contributed by atoms with Crippen LogP contribution in [0.1, 0.15) is 42.4 Å². The lowest BCUT2D eigenvalue weighted by atomic mass is 10.3. The number of nitrogens with zero attached hydrogens (tertiary/aromatic N) is 4. The molecule has 1 saturated carbocycles. The number of carbonyl (C=O) groups excluding carboxylic acids is 2. The Balaban J connectivity index is 1.42. The molecule has 0 unspecified atom stereocenters. The largest absolute Gasteiger partial charge is 0.303 e. The fourth-order valence-corrected chi connectivity index (χ4v) is 4.55. The molecule has 3 heterocycles. The Morgan fingerprint density at radius 2 is 2.00 bits per heavy atom. The van der Waals surface area contributed by atoms with Crippen LogP contribution < -0.4 is 0 Å². The third kappa shape index (κ3) is 3.25. The molecular weight excluding hydrogens is 344 g/mol. The second kappa shape index (κ2) is 6.68. The Labute approximate surface area is 148 Å². The molecule has 2 aromatic heterocycles. The van der Waals surface area contributed by atoms with Crippen LogP contribution in [-0.2, 0) is 16.0 Å². The molecular formula is C16H18N4O2S2. The number of aromatic nitrogens is 3. The van der Waals surface area contributed by atoms with Gasteiger partial charge >= 0.3 is 0 Å². The van der Waals surface area contributed by atoms with Crippen LogP contribution in [0.5, 0.6) is 0 Å². The van der Waals surface area contributed by atoms with Gasteiger partial charge in [0.15, 0.2) is 5.16 Å². The molecule has 126 valence electrons. The van der Waals surface area contributed by atoms with E-state index in [0.29, 0.717) is 31.2 Å². The van der Waals surface area contributed by atoms with Crippen LogP contribution in [0, 0.1) is 0 Å². The van der Waals surface area contributed by atoms with Crippen molar-refractivity contribution in [1.82, 2.24) is 19.7 Å². The van der Waals surface area contributed by atoms with Gasteiger partial charge in [0.2, 0.25) is 11.8 Å². The molecule has 0 aromatic carbocycles. The lowest BCUT2D eigenvalue weighted by Gasteiger charge is -2.13. The van der Waals surface area contributed by atoms with Crippen molar-refractivity contribution in [3.63, 3.8) is 0 Å². The second-order valence-electron chi connectivity index (χ2n) is 6.04. The second-order valence-corrected chi connectivity index (χ2v) is 8.14. The summed E-state index contributed by atoms with van der Waals surface area (Å²) in [5.41, 5.74) is 0. The summed E-state index contributed by atoms with van der Waals surface area (Å²) in [6.07, 6.45) is 3.86. The van der Waals surface area contributed by atoms with Gasteiger partial charge in [-0.3, -0.25) is 14.5 Å². The maximum atomic E-state index is 11.7. The standard InChI is InChI=1S/C16H18N4O2S2/c21-14-5-6-15(22)19(14)7-9-24-16-18-17-13(20(16)11-3-4-11)10-12-2-1-8-23-12/h1-2,8,11H,3-7,9-10H2. The highest BCUT2D eigenvalue weighted by Gasteiger charge is 2.31. The Hall–Kier alpha value is -1.67. The van der Waals surface area contributed by atoms with Crippen LogP contribution in [0.3, 0.4) is 0 Å². The molecule has 4 rings (SSSR count). The van der Waals surface area contributed by atoms with Crippen molar-refractivity contribution in [1.29, 1.82) is 0 Å². The smallest absolute Gasteiger partial charge is 0.229 e. The molecule has 2 aromatic rings. The number of imide groups is 1. The SMILES string of the molecule is O=C1CCC(=O)N1CCSc1nnc(Cc2cccs2)n1C1CC1. The lowest BCUT2D eigenvalue weighted by Crippen LogP contribution is -2.31.